The van der Waals surface area contributed by atoms with Crippen molar-refractivity contribution in [2.75, 3.05) is 31.1 Å². The average Bonchev–Trinajstić information content (AvgIpc) is 2.84. The number of aromatic nitrogens is 2. The average molecular weight is 431 g/mol. The van der Waals surface area contributed by atoms with Gasteiger partial charge in [-0.05, 0) is 36.6 Å². The van der Waals surface area contributed by atoms with E-state index in [1.807, 2.05) is 72.5 Å². The fourth-order valence-corrected chi connectivity index (χ4v) is 3.98. The summed E-state index contributed by atoms with van der Waals surface area (Å²) in [4.78, 5) is 17.0. The molecular weight excluding hydrogens is 400 g/mol. The maximum absolute atomic E-state index is 13.0. The molecule has 3 aromatic rings. The summed E-state index contributed by atoms with van der Waals surface area (Å²) in [6.45, 7) is 8.81. The summed E-state index contributed by atoms with van der Waals surface area (Å²) in [6.07, 6.45) is -0.522. The lowest BCUT2D eigenvalue weighted by Crippen LogP contribution is -2.52. The normalized spacial score (nSPS) is 15.0. The van der Waals surface area contributed by atoms with Crippen molar-refractivity contribution in [1.29, 1.82) is 0 Å². The van der Waals surface area contributed by atoms with Gasteiger partial charge in [0.1, 0.15) is 5.75 Å². The zero-order valence-corrected chi connectivity index (χ0v) is 18.9. The lowest BCUT2D eigenvalue weighted by molar-refractivity contribution is -0.138. The highest BCUT2D eigenvalue weighted by atomic mass is 16.5. The molecule has 0 saturated carbocycles. The number of piperazine rings is 1. The summed E-state index contributed by atoms with van der Waals surface area (Å²) >= 11 is 0. The number of carbonyl (C=O) groups is 1. The molecule has 0 bridgehead atoms. The molecule has 166 valence electrons. The highest BCUT2D eigenvalue weighted by Gasteiger charge is 2.27. The first-order valence-corrected chi connectivity index (χ1v) is 11.2. The van der Waals surface area contributed by atoms with Gasteiger partial charge in [0, 0.05) is 31.7 Å². The van der Waals surface area contributed by atoms with E-state index in [9.17, 15) is 4.79 Å². The minimum absolute atomic E-state index is 0.0220. The Kier molecular flexibility index (Phi) is 6.69. The number of hydrogen-bond acceptors (Lipinski definition) is 5. The van der Waals surface area contributed by atoms with Crippen LogP contribution in [0.5, 0.6) is 5.75 Å². The highest BCUT2D eigenvalue weighted by Crippen LogP contribution is 2.27. The molecule has 2 aromatic carbocycles. The van der Waals surface area contributed by atoms with E-state index in [1.165, 1.54) is 0 Å². The smallest absolute Gasteiger partial charge is 0.263 e. The molecule has 0 aliphatic carbocycles. The molecule has 1 unspecified atom stereocenters. The van der Waals surface area contributed by atoms with Gasteiger partial charge in [0.05, 0.1) is 5.69 Å². The van der Waals surface area contributed by atoms with E-state index < -0.39 is 6.10 Å². The Morgan fingerprint density at radius 3 is 2.19 bits per heavy atom. The lowest BCUT2D eigenvalue weighted by Gasteiger charge is -2.36. The van der Waals surface area contributed by atoms with Gasteiger partial charge in [-0.25, -0.2) is 0 Å². The number of anilines is 1. The summed E-state index contributed by atoms with van der Waals surface area (Å²) in [5.41, 5.74) is 3.03. The van der Waals surface area contributed by atoms with Crippen LogP contribution in [0.3, 0.4) is 0 Å². The van der Waals surface area contributed by atoms with Crippen LogP contribution >= 0.6 is 0 Å². The molecule has 1 fully saturated rings. The second-order valence-corrected chi connectivity index (χ2v) is 8.41. The molecule has 1 amide bonds. The maximum Gasteiger partial charge on any atom is 0.263 e. The van der Waals surface area contributed by atoms with Gasteiger partial charge in [0.25, 0.3) is 5.91 Å². The lowest BCUT2D eigenvalue weighted by atomic mass is 10.0. The number of amides is 1. The highest BCUT2D eigenvalue weighted by molar-refractivity contribution is 5.81. The van der Waals surface area contributed by atoms with Gasteiger partial charge in [-0.1, -0.05) is 62.4 Å². The summed E-state index contributed by atoms with van der Waals surface area (Å²) in [7, 11) is 0. The summed E-state index contributed by atoms with van der Waals surface area (Å²) in [6, 6.07) is 22.0. The molecule has 0 radical (unpaired) electrons. The third-order valence-electron chi connectivity index (χ3n) is 5.83. The maximum atomic E-state index is 13.0. The molecular formula is C26H30N4O2. The molecule has 0 N–H and O–H groups in total. The minimum atomic E-state index is -0.522. The molecule has 32 heavy (non-hydrogen) atoms. The largest absolute Gasteiger partial charge is 0.481 e. The van der Waals surface area contributed by atoms with Crippen LogP contribution in [0.2, 0.25) is 0 Å². The molecule has 6 heteroatoms. The zero-order chi connectivity index (χ0) is 22.5. The molecule has 1 aliphatic heterocycles. The first-order valence-electron chi connectivity index (χ1n) is 11.2. The van der Waals surface area contributed by atoms with Crippen molar-refractivity contribution in [1.82, 2.24) is 15.1 Å². The number of rotatable bonds is 6. The standard InChI is InChI=1S/C26H30N4O2/c1-19(2)22-11-7-8-12-24(22)32-20(3)26(31)30-17-15-29(16-18-30)25-14-13-23(27-28-25)21-9-5-4-6-10-21/h4-14,19-20H,15-18H2,1-3H3. The number of benzene rings is 2. The zero-order valence-electron chi connectivity index (χ0n) is 18.9. The van der Waals surface area contributed by atoms with Crippen molar-refractivity contribution in [3.8, 4) is 17.0 Å². The van der Waals surface area contributed by atoms with Crippen LogP contribution in [0, 0.1) is 0 Å². The summed E-state index contributed by atoms with van der Waals surface area (Å²) < 4.78 is 6.06. The van der Waals surface area contributed by atoms with Crippen LogP contribution < -0.4 is 9.64 Å². The SMILES string of the molecule is CC(Oc1ccccc1C(C)C)C(=O)N1CCN(c2ccc(-c3ccccc3)nn2)CC1. The van der Waals surface area contributed by atoms with E-state index in [1.54, 1.807) is 0 Å². The van der Waals surface area contributed by atoms with Crippen LogP contribution in [-0.2, 0) is 4.79 Å². The first-order chi connectivity index (χ1) is 15.5. The molecule has 1 saturated heterocycles. The first kappa shape index (κ1) is 21.8. The van der Waals surface area contributed by atoms with E-state index in [4.69, 9.17) is 4.74 Å². The van der Waals surface area contributed by atoms with E-state index in [2.05, 4.69) is 35.0 Å². The molecule has 1 aromatic heterocycles. The molecule has 0 spiro atoms. The predicted molar refractivity (Wildman–Crippen MR) is 127 cm³/mol. The van der Waals surface area contributed by atoms with E-state index >= 15 is 0 Å². The van der Waals surface area contributed by atoms with Gasteiger partial charge in [-0.3, -0.25) is 4.79 Å². The van der Waals surface area contributed by atoms with Crippen molar-refractivity contribution in [2.24, 2.45) is 0 Å². The Balaban J connectivity index is 1.34. The molecule has 2 heterocycles. The number of carbonyl (C=O) groups excluding carboxylic acids is 1. The molecule has 1 atom stereocenters. The van der Waals surface area contributed by atoms with Gasteiger partial charge >= 0.3 is 0 Å². The van der Waals surface area contributed by atoms with E-state index in [0.717, 1.165) is 41.5 Å². The third kappa shape index (κ3) is 4.90. The number of nitrogens with zero attached hydrogens (tertiary/aromatic N) is 4. The number of ether oxygens (including phenoxy) is 1. The molecule has 4 rings (SSSR count). The van der Waals surface area contributed by atoms with Gasteiger partial charge in [0.15, 0.2) is 11.9 Å². The fraction of sp³-hybridized carbons (Fsp3) is 0.346. The predicted octanol–water partition coefficient (Wildman–Crippen LogP) is 4.38. The Morgan fingerprint density at radius 1 is 0.844 bits per heavy atom. The Labute approximate surface area is 189 Å². The van der Waals surface area contributed by atoms with Crippen LogP contribution in [0.1, 0.15) is 32.3 Å². The van der Waals surface area contributed by atoms with Crippen molar-refractivity contribution in [2.45, 2.75) is 32.8 Å². The molecule has 1 aliphatic rings. The van der Waals surface area contributed by atoms with Crippen molar-refractivity contribution in [3.63, 3.8) is 0 Å². The second-order valence-electron chi connectivity index (χ2n) is 8.41. The van der Waals surface area contributed by atoms with Gasteiger partial charge in [0.2, 0.25) is 0 Å². The quantitative estimate of drug-likeness (QED) is 0.581. The number of hydrogen-bond donors (Lipinski definition) is 0. The fourth-order valence-electron chi connectivity index (χ4n) is 3.98. The second kappa shape index (κ2) is 9.81. The van der Waals surface area contributed by atoms with E-state index in [-0.39, 0.29) is 5.91 Å². The Bertz CT molecular complexity index is 1030. The monoisotopic (exact) mass is 430 g/mol. The molecule has 6 nitrogen and oxygen atoms in total. The minimum Gasteiger partial charge on any atom is -0.481 e. The van der Waals surface area contributed by atoms with Gasteiger partial charge < -0.3 is 14.5 Å². The van der Waals surface area contributed by atoms with E-state index in [0.29, 0.717) is 19.0 Å². The van der Waals surface area contributed by atoms with Crippen molar-refractivity contribution < 1.29 is 9.53 Å². The van der Waals surface area contributed by atoms with Crippen LogP contribution in [-0.4, -0.2) is 53.3 Å². The third-order valence-corrected chi connectivity index (χ3v) is 5.83. The van der Waals surface area contributed by atoms with Crippen LogP contribution in [0.15, 0.2) is 66.7 Å². The van der Waals surface area contributed by atoms with Crippen LogP contribution in [0.25, 0.3) is 11.3 Å². The summed E-state index contributed by atoms with van der Waals surface area (Å²) in [5, 5.41) is 8.80. The topological polar surface area (TPSA) is 58.6 Å². The number of para-hydroxylation sites is 1. The Hall–Kier alpha value is -3.41. The van der Waals surface area contributed by atoms with Gasteiger partial charge in [-0.2, -0.15) is 0 Å². The summed E-state index contributed by atoms with van der Waals surface area (Å²) in [5.74, 6) is 1.99. The van der Waals surface area contributed by atoms with Gasteiger partial charge in [-0.15, -0.1) is 10.2 Å². The van der Waals surface area contributed by atoms with Crippen molar-refractivity contribution in [3.05, 3.63) is 72.3 Å². The van der Waals surface area contributed by atoms with Crippen LogP contribution in [0.4, 0.5) is 5.82 Å². The van der Waals surface area contributed by atoms with Crippen molar-refractivity contribution >= 4 is 11.7 Å². The Morgan fingerprint density at radius 2 is 1.53 bits per heavy atom.